The lowest BCUT2D eigenvalue weighted by Gasteiger charge is -2.31. The van der Waals surface area contributed by atoms with Crippen molar-refractivity contribution in [1.29, 1.82) is 0 Å². The van der Waals surface area contributed by atoms with Crippen LogP contribution >= 0.6 is 11.3 Å². The number of methoxy groups -OCH3 is 1. The third-order valence-electron chi connectivity index (χ3n) is 4.79. The summed E-state index contributed by atoms with van der Waals surface area (Å²) >= 11 is 1.31. The van der Waals surface area contributed by atoms with Gasteiger partial charge in [-0.15, -0.1) is 21.5 Å². The Bertz CT molecular complexity index is 979. The highest BCUT2D eigenvalue weighted by atomic mass is 32.1. The maximum atomic E-state index is 12.6. The SMILES string of the molecule is COC(=O)c1ccsc1NC(=O)C1CCN(c2ccc(-n3cncn3)nn2)CC1. The summed E-state index contributed by atoms with van der Waals surface area (Å²) in [5.74, 6) is 0.701. The highest BCUT2D eigenvalue weighted by Crippen LogP contribution is 2.27. The summed E-state index contributed by atoms with van der Waals surface area (Å²) in [6.07, 6.45) is 4.39. The molecule has 0 aliphatic carbocycles. The van der Waals surface area contributed by atoms with Crippen LogP contribution in [0.5, 0.6) is 0 Å². The summed E-state index contributed by atoms with van der Waals surface area (Å²) in [7, 11) is 1.32. The number of ether oxygens (including phenoxy) is 1. The maximum Gasteiger partial charge on any atom is 0.340 e. The monoisotopic (exact) mass is 413 g/mol. The summed E-state index contributed by atoms with van der Waals surface area (Å²) < 4.78 is 6.29. The van der Waals surface area contributed by atoms with Gasteiger partial charge in [0.05, 0.1) is 12.7 Å². The number of piperidine rings is 1. The molecule has 0 aromatic carbocycles. The van der Waals surface area contributed by atoms with E-state index in [0.29, 0.717) is 42.3 Å². The zero-order valence-corrected chi connectivity index (χ0v) is 16.5. The molecule has 0 bridgehead atoms. The summed E-state index contributed by atoms with van der Waals surface area (Å²) in [6, 6.07) is 5.37. The number of carbonyl (C=O) groups is 2. The van der Waals surface area contributed by atoms with E-state index in [1.165, 1.54) is 24.8 Å². The molecule has 4 heterocycles. The molecule has 0 atom stereocenters. The number of anilines is 2. The van der Waals surface area contributed by atoms with Gasteiger partial charge in [-0.25, -0.2) is 14.5 Å². The third-order valence-corrected chi connectivity index (χ3v) is 5.62. The normalized spacial score (nSPS) is 14.6. The van der Waals surface area contributed by atoms with Gasteiger partial charge in [0.2, 0.25) is 5.91 Å². The van der Waals surface area contributed by atoms with Crippen LogP contribution in [0.4, 0.5) is 10.8 Å². The predicted octanol–water partition coefficient (Wildman–Crippen LogP) is 1.76. The van der Waals surface area contributed by atoms with Crippen molar-refractivity contribution in [3.63, 3.8) is 0 Å². The molecule has 1 saturated heterocycles. The van der Waals surface area contributed by atoms with Crippen LogP contribution < -0.4 is 10.2 Å². The van der Waals surface area contributed by atoms with E-state index in [0.717, 1.165) is 5.82 Å². The van der Waals surface area contributed by atoms with Crippen LogP contribution in [0, 0.1) is 5.92 Å². The van der Waals surface area contributed by atoms with Crippen molar-refractivity contribution in [1.82, 2.24) is 25.0 Å². The molecule has 1 aliphatic heterocycles. The Kier molecular flexibility index (Phi) is 5.47. The zero-order chi connectivity index (χ0) is 20.2. The molecule has 4 rings (SSSR count). The topological polar surface area (TPSA) is 115 Å². The maximum absolute atomic E-state index is 12.6. The number of thiophene rings is 1. The Morgan fingerprint density at radius 3 is 2.59 bits per heavy atom. The minimum Gasteiger partial charge on any atom is -0.465 e. The van der Waals surface area contributed by atoms with E-state index < -0.39 is 5.97 Å². The smallest absolute Gasteiger partial charge is 0.340 e. The van der Waals surface area contributed by atoms with Gasteiger partial charge in [-0.2, -0.15) is 5.10 Å². The van der Waals surface area contributed by atoms with Gasteiger partial charge in [0.15, 0.2) is 11.6 Å². The first kappa shape index (κ1) is 19.0. The molecule has 10 nitrogen and oxygen atoms in total. The second-order valence-electron chi connectivity index (χ2n) is 6.50. The van der Waals surface area contributed by atoms with Crippen molar-refractivity contribution in [2.24, 2.45) is 5.92 Å². The van der Waals surface area contributed by atoms with Crippen molar-refractivity contribution in [3.8, 4) is 5.82 Å². The second-order valence-corrected chi connectivity index (χ2v) is 7.41. The van der Waals surface area contributed by atoms with Crippen LogP contribution in [-0.4, -0.2) is 57.0 Å². The van der Waals surface area contributed by atoms with Crippen molar-refractivity contribution in [2.45, 2.75) is 12.8 Å². The van der Waals surface area contributed by atoms with E-state index in [4.69, 9.17) is 4.74 Å². The van der Waals surface area contributed by atoms with E-state index in [1.54, 1.807) is 22.5 Å². The standard InChI is InChI=1S/C18H19N7O3S/c1-28-18(27)13-6-9-29-17(13)21-16(26)12-4-7-24(8-5-12)14-2-3-15(23-22-14)25-11-19-10-20-25/h2-3,6,9-12H,4-5,7-8H2,1H3,(H,21,26). The van der Waals surface area contributed by atoms with Gasteiger partial charge in [-0.3, -0.25) is 4.79 Å². The van der Waals surface area contributed by atoms with Gasteiger partial charge in [-0.05, 0) is 36.4 Å². The molecule has 1 aliphatic rings. The van der Waals surface area contributed by atoms with Gasteiger partial charge in [0.25, 0.3) is 0 Å². The van der Waals surface area contributed by atoms with Crippen LogP contribution in [0.1, 0.15) is 23.2 Å². The summed E-state index contributed by atoms with van der Waals surface area (Å²) in [5.41, 5.74) is 0.381. The lowest BCUT2D eigenvalue weighted by atomic mass is 9.96. The van der Waals surface area contributed by atoms with E-state index >= 15 is 0 Å². The number of amides is 1. The van der Waals surface area contributed by atoms with Crippen molar-refractivity contribution in [3.05, 3.63) is 41.8 Å². The number of carbonyl (C=O) groups excluding carboxylic acids is 2. The molecule has 1 fully saturated rings. The van der Waals surface area contributed by atoms with E-state index in [2.05, 4.69) is 30.5 Å². The molecule has 0 unspecified atom stereocenters. The van der Waals surface area contributed by atoms with Crippen LogP contribution in [0.25, 0.3) is 5.82 Å². The van der Waals surface area contributed by atoms with E-state index in [1.807, 2.05) is 12.1 Å². The first-order valence-corrected chi connectivity index (χ1v) is 9.94. The van der Waals surface area contributed by atoms with Crippen molar-refractivity contribution >= 4 is 34.0 Å². The van der Waals surface area contributed by atoms with Gasteiger partial charge < -0.3 is 15.0 Å². The quantitative estimate of drug-likeness (QED) is 0.629. The fourth-order valence-electron chi connectivity index (χ4n) is 3.20. The largest absolute Gasteiger partial charge is 0.465 e. The molecule has 0 radical (unpaired) electrons. The Balaban J connectivity index is 1.34. The lowest BCUT2D eigenvalue weighted by molar-refractivity contribution is -0.120. The van der Waals surface area contributed by atoms with Crippen molar-refractivity contribution in [2.75, 3.05) is 30.4 Å². The number of nitrogens with zero attached hydrogens (tertiary/aromatic N) is 6. The summed E-state index contributed by atoms with van der Waals surface area (Å²) in [6.45, 7) is 1.40. The molecular weight excluding hydrogens is 394 g/mol. The summed E-state index contributed by atoms with van der Waals surface area (Å²) in [4.78, 5) is 30.4. The molecular formula is C18H19N7O3S. The molecule has 0 saturated carbocycles. The fraction of sp³-hybridized carbons (Fsp3) is 0.333. The minimum absolute atomic E-state index is 0.0788. The molecule has 3 aromatic rings. The molecule has 3 aromatic heterocycles. The molecule has 29 heavy (non-hydrogen) atoms. The van der Waals surface area contributed by atoms with Crippen LogP contribution in [0.3, 0.4) is 0 Å². The van der Waals surface area contributed by atoms with Crippen LogP contribution in [-0.2, 0) is 9.53 Å². The summed E-state index contributed by atoms with van der Waals surface area (Å²) in [5, 5.41) is 17.6. The number of hydrogen-bond donors (Lipinski definition) is 1. The highest BCUT2D eigenvalue weighted by Gasteiger charge is 2.27. The van der Waals surface area contributed by atoms with Crippen LogP contribution in [0.15, 0.2) is 36.2 Å². The van der Waals surface area contributed by atoms with E-state index in [9.17, 15) is 9.59 Å². The van der Waals surface area contributed by atoms with Gasteiger partial charge in [-0.1, -0.05) is 0 Å². The molecule has 150 valence electrons. The predicted molar refractivity (Wildman–Crippen MR) is 106 cm³/mol. The number of aromatic nitrogens is 5. The van der Waals surface area contributed by atoms with Gasteiger partial charge in [0, 0.05) is 19.0 Å². The number of rotatable bonds is 5. The Hall–Kier alpha value is -3.34. The highest BCUT2D eigenvalue weighted by molar-refractivity contribution is 7.14. The molecule has 1 amide bonds. The third kappa shape index (κ3) is 4.09. The van der Waals surface area contributed by atoms with Gasteiger partial charge >= 0.3 is 5.97 Å². The first-order valence-electron chi connectivity index (χ1n) is 9.06. The van der Waals surface area contributed by atoms with E-state index in [-0.39, 0.29) is 11.8 Å². The zero-order valence-electron chi connectivity index (χ0n) is 15.7. The Morgan fingerprint density at radius 2 is 1.93 bits per heavy atom. The fourth-order valence-corrected chi connectivity index (χ4v) is 3.98. The Morgan fingerprint density at radius 1 is 1.17 bits per heavy atom. The average molecular weight is 413 g/mol. The second kappa shape index (κ2) is 8.35. The minimum atomic E-state index is -0.454. The average Bonchev–Trinajstić information content (AvgIpc) is 3.46. The number of esters is 1. The molecule has 0 spiro atoms. The van der Waals surface area contributed by atoms with Crippen LogP contribution in [0.2, 0.25) is 0 Å². The number of hydrogen-bond acceptors (Lipinski definition) is 9. The number of nitrogens with one attached hydrogen (secondary N) is 1. The molecule has 1 N–H and O–H groups in total. The molecule has 11 heteroatoms. The first-order chi connectivity index (χ1) is 14.2. The van der Waals surface area contributed by atoms with Crippen molar-refractivity contribution < 1.29 is 14.3 Å². The van der Waals surface area contributed by atoms with Gasteiger partial charge in [0.1, 0.15) is 17.7 Å². The Labute approximate surface area is 170 Å². The lowest BCUT2D eigenvalue weighted by Crippen LogP contribution is -2.38.